The number of nitrogens with zero attached hydrogens (tertiary/aromatic N) is 3. The quantitative estimate of drug-likeness (QED) is 0.826. The van der Waals surface area contributed by atoms with Crippen molar-refractivity contribution in [3.63, 3.8) is 0 Å². The van der Waals surface area contributed by atoms with Crippen LogP contribution in [0.2, 0.25) is 0 Å². The van der Waals surface area contributed by atoms with E-state index in [2.05, 4.69) is 4.98 Å². The van der Waals surface area contributed by atoms with Gasteiger partial charge in [-0.2, -0.15) is 0 Å². The number of thiazole rings is 1. The molecule has 0 N–H and O–H groups in total. The number of halogens is 1. The molecular weight excluding hydrogens is 341 g/mol. The lowest BCUT2D eigenvalue weighted by Crippen LogP contribution is -2.34. The average Bonchev–Trinajstić information content (AvgIpc) is 2.87. The van der Waals surface area contributed by atoms with Crippen molar-refractivity contribution in [3.05, 3.63) is 50.7 Å². The molecule has 0 radical (unpaired) electrons. The van der Waals surface area contributed by atoms with E-state index in [0.29, 0.717) is 36.5 Å². The Bertz CT molecular complexity index is 786. The summed E-state index contributed by atoms with van der Waals surface area (Å²) in [7, 11) is 3.40. The monoisotopic (exact) mass is 361 g/mol. The third-order valence-electron chi connectivity index (χ3n) is 4.32. The van der Waals surface area contributed by atoms with Gasteiger partial charge in [0, 0.05) is 44.9 Å². The zero-order valence-corrected chi connectivity index (χ0v) is 15.3. The van der Waals surface area contributed by atoms with Crippen LogP contribution in [0.3, 0.4) is 0 Å². The number of carbonyl (C=O) groups is 2. The van der Waals surface area contributed by atoms with Gasteiger partial charge in [0.15, 0.2) is 5.01 Å². The molecule has 0 saturated heterocycles. The summed E-state index contributed by atoms with van der Waals surface area (Å²) in [4.78, 5) is 33.5. The molecule has 0 atom stereocenters. The lowest BCUT2D eigenvalue weighted by Gasteiger charge is -2.21. The topological polar surface area (TPSA) is 53.5 Å². The second-order valence-corrected chi connectivity index (χ2v) is 7.40. The van der Waals surface area contributed by atoms with Gasteiger partial charge in [-0.1, -0.05) is 12.1 Å². The molecule has 1 aromatic carbocycles. The van der Waals surface area contributed by atoms with E-state index in [1.807, 2.05) is 0 Å². The number of hydrogen-bond donors (Lipinski definition) is 0. The molecule has 1 aromatic heterocycles. The van der Waals surface area contributed by atoms with Crippen molar-refractivity contribution in [2.45, 2.75) is 19.8 Å². The summed E-state index contributed by atoms with van der Waals surface area (Å²) < 4.78 is 14.1. The van der Waals surface area contributed by atoms with Crippen LogP contribution in [0.1, 0.15) is 36.3 Å². The molecule has 2 amide bonds. The molecule has 1 aliphatic rings. The smallest absolute Gasteiger partial charge is 0.282 e. The Labute approximate surface area is 150 Å². The van der Waals surface area contributed by atoms with Gasteiger partial charge in [-0.05, 0) is 18.6 Å². The fourth-order valence-corrected chi connectivity index (χ4v) is 4.03. The molecule has 0 aliphatic carbocycles. The summed E-state index contributed by atoms with van der Waals surface area (Å²) in [6.45, 7) is 2.71. The minimum absolute atomic E-state index is 0.104. The highest BCUT2D eigenvalue weighted by molar-refractivity contribution is 7.13. The van der Waals surface area contributed by atoms with Crippen molar-refractivity contribution in [2.24, 2.45) is 0 Å². The maximum atomic E-state index is 14.1. The highest BCUT2D eigenvalue weighted by atomic mass is 32.1. The van der Waals surface area contributed by atoms with Crippen molar-refractivity contribution >= 4 is 23.2 Å². The van der Waals surface area contributed by atoms with Crippen molar-refractivity contribution < 1.29 is 14.0 Å². The third kappa shape index (κ3) is 3.42. The third-order valence-corrected chi connectivity index (χ3v) is 5.46. The lowest BCUT2D eigenvalue weighted by atomic mass is 10.1. The minimum Gasteiger partial charge on any atom is -0.343 e. The number of fused-ring (bicyclic) bond motifs is 1. The molecule has 7 heteroatoms. The normalized spacial score (nSPS) is 14.0. The predicted molar refractivity (Wildman–Crippen MR) is 94.6 cm³/mol. The fourth-order valence-electron chi connectivity index (χ4n) is 2.91. The van der Waals surface area contributed by atoms with Gasteiger partial charge in [-0.15, -0.1) is 11.3 Å². The minimum atomic E-state index is -0.485. The number of benzene rings is 1. The van der Waals surface area contributed by atoms with E-state index in [1.54, 1.807) is 38.1 Å². The maximum Gasteiger partial charge on any atom is 0.282 e. The molecule has 0 unspecified atom stereocenters. The molecule has 3 rings (SSSR count). The number of aromatic nitrogens is 1. The number of amides is 2. The van der Waals surface area contributed by atoms with Crippen molar-refractivity contribution in [2.75, 3.05) is 27.2 Å². The van der Waals surface area contributed by atoms with Crippen LogP contribution in [0, 0.1) is 12.7 Å². The fraction of sp³-hybridized carbons (Fsp3) is 0.389. The van der Waals surface area contributed by atoms with E-state index >= 15 is 0 Å². The Morgan fingerprint density at radius 3 is 2.64 bits per heavy atom. The van der Waals surface area contributed by atoms with Crippen LogP contribution in [0.4, 0.5) is 4.39 Å². The first-order chi connectivity index (χ1) is 11.9. The Balaban J connectivity index is 1.78. The Morgan fingerprint density at radius 1 is 1.24 bits per heavy atom. The van der Waals surface area contributed by atoms with Crippen LogP contribution < -0.4 is 0 Å². The molecule has 25 heavy (non-hydrogen) atoms. The molecule has 132 valence electrons. The Morgan fingerprint density at radius 2 is 1.96 bits per heavy atom. The van der Waals surface area contributed by atoms with E-state index in [4.69, 9.17) is 0 Å². The molecule has 5 nitrogen and oxygen atoms in total. The number of rotatable bonds is 2. The van der Waals surface area contributed by atoms with E-state index < -0.39 is 5.82 Å². The molecule has 0 bridgehead atoms. The van der Waals surface area contributed by atoms with Gasteiger partial charge in [0.25, 0.3) is 11.8 Å². The highest BCUT2D eigenvalue weighted by Crippen LogP contribution is 2.25. The van der Waals surface area contributed by atoms with Gasteiger partial charge in [0.2, 0.25) is 0 Å². The van der Waals surface area contributed by atoms with Gasteiger partial charge in [0.1, 0.15) is 5.82 Å². The molecule has 0 fully saturated rings. The summed E-state index contributed by atoms with van der Waals surface area (Å²) >= 11 is 1.39. The van der Waals surface area contributed by atoms with E-state index in [-0.39, 0.29) is 17.4 Å². The van der Waals surface area contributed by atoms with Crippen molar-refractivity contribution in [3.8, 4) is 0 Å². The molecule has 0 saturated carbocycles. The Kier molecular flexibility index (Phi) is 4.85. The zero-order valence-electron chi connectivity index (χ0n) is 14.5. The van der Waals surface area contributed by atoms with Crippen LogP contribution in [-0.4, -0.2) is 53.8 Å². The van der Waals surface area contributed by atoms with Crippen molar-refractivity contribution in [1.29, 1.82) is 0 Å². The van der Waals surface area contributed by atoms with Crippen LogP contribution in [0.25, 0.3) is 0 Å². The van der Waals surface area contributed by atoms with Gasteiger partial charge in [-0.25, -0.2) is 9.37 Å². The van der Waals surface area contributed by atoms with Crippen LogP contribution in [-0.2, 0) is 12.8 Å². The first-order valence-electron chi connectivity index (χ1n) is 8.13. The summed E-state index contributed by atoms with van der Waals surface area (Å²) in [5.74, 6) is -0.871. The SMILES string of the molecule is Cc1cccc(F)c1C(=O)N1CCc2nc(C(=O)N(C)C)sc2CC1. The van der Waals surface area contributed by atoms with Gasteiger partial charge >= 0.3 is 0 Å². The molecule has 1 aliphatic heterocycles. The van der Waals surface area contributed by atoms with Gasteiger partial charge in [-0.3, -0.25) is 9.59 Å². The predicted octanol–water partition coefficient (Wildman–Crippen LogP) is 2.53. The van der Waals surface area contributed by atoms with Crippen LogP contribution >= 0.6 is 11.3 Å². The van der Waals surface area contributed by atoms with E-state index in [1.165, 1.54) is 22.3 Å². The highest BCUT2D eigenvalue weighted by Gasteiger charge is 2.26. The molecule has 0 spiro atoms. The number of aryl methyl sites for hydroxylation is 1. The summed E-state index contributed by atoms with van der Waals surface area (Å²) in [6, 6.07) is 4.66. The Hall–Kier alpha value is -2.28. The molecule has 2 aromatic rings. The summed E-state index contributed by atoms with van der Waals surface area (Å²) in [6.07, 6.45) is 1.21. The molecule has 2 heterocycles. The van der Waals surface area contributed by atoms with Gasteiger partial charge in [0.05, 0.1) is 11.3 Å². The van der Waals surface area contributed by atoms with Gasteiger partial charge < -0.3 is 9.80 Å². The number of hydrogen-bond acceptors (Lipinski definition) is 4. The first-order valence-corrected chi connectivity index (χ1v) is 8.94. The van der Waals surface area contributed by atoms with E-state index in [0.717, 1.165) is 10.6 Å². The summed E-state index contributed by atoms with van der Waals surface area (Å²) in [5, 5.41) is 0.486. The largest absolute Gasteiger partial charge is 0.343 e. The maximum absolute atomic E-state index is 14.1. The average molecular weight is 361 g/mol. The van der Waals surface area contributed by atoms with Crippen LogP contribution in [0.5, 0.6) is 0 Å². The first kappa shape index (κ1) is 17.5. The molecular formula is C18H20FN3O2S. The second-order valence-electron chi connectivity index (χ2n) is 6.31. The summed E-state index contributed by atoms with van der Waals surface area (Å²) in [5.41, 5.74) is 1.65. The number of carbonyl (C=O) groups excluding carboxylic acids is 2. The standard InChI is InChI=1S/C18H20FN3O2S/c1-11-5-4-6-12(19)15(11)17(23)22-9-7-13-14(8-10-22)25-16(20-13)18(24)21(2)3/h4-6H,7-10H2,1-3H3. The zero-order chi connectivity index (χ0) is 18.1. The van der Waals surface area contributed by atoms with Crippen molar-refractivity contribution in [1.82, 2.24) is 14.8 Å². The van der Waals surface area contributed by atoms with Crippen LogP contribution in [0.15, 0.2) is 18.2 Å². The van der Waals surface area contributed by atoms with E-state index in [9.17, 15) is 14.0 Å². The lowest BCUT2D eigenvalue weighted by molar-refractivity contribution is 0.0756. The second kappa shape index (κ2) is 6.92.